The zero-order valence-electron chi connectivity index (χ0n) is 10.6. The summed E-state index contributed by atoms with van der Waals surface area (Å²) in [5.74, 6) is -0.483. The van der Waals surface area contributed by atoms with Gasteiger partial charge < -0.3 is 11.1 Å². The van der Waals surface area contributed by atoms with Crippen LogP contribution in [0.3, 0.4) is 0 Å². The summed E-state index contributed by atoms with van der Waals surface area (Å²) in [6, 6.07) is 13.2. The summed E-state index contributed by atoms with van der Waals surface area (Å²) in [5.41, 5.74) is 6.96. The number of rotatable bonds is 5. The molecular formula is C14H13N3O3. The first-order valence-electron chi connectivity index (χ1n) is 5.94. The van der Waals surface area contributed by atoms with Crippen molar-refractivity contribution < 1.29 is 9.72 Å². The second kappa shape index (κ2) is 5.83. The van der Waals surface area contributed by atoms with Crippen LogP contribution in [0, 0.1) is 10.1 Å². The number of nitro groups is 1. The molecule has 0 aliphatic rings. The first kappa shape index (κ1) is 13.5. The molecule has 0 atom stereocenters. The van der Waals surface area contributed by atoms with E-state index in [-0.39, 0.29) is 5.69 Å². The lowest BCUT2D eigenvalue weighted by Gasteiger charge is -2.07. The minimum Gasteiger partial charge on any atom is -0.375 e. The first-order valence-corrected chi connectivity index (χ1v) is 5.94. The van der Waals surface area contributed by atoms with E-state index < -0.39 is 10.8 Å². The maximum Gasteiger partial charge on any atom is 0.292 e. The van der Waals surface area contributed by atoms with Gasteiger partial charge in [-0.2, -0.15) is 0 Å². The number of hydrogen-bond donors (Lipinski definition) is 2. The summed E-state index contributed by atoms with van der Waals surface area (Å²) < 4.78 is 0. The van der Waals surface area contributed by atoms with Crippen molar-refractivity contribution in [2.75, 3.05) is 5.32 Å². The summed E-state index contributed by atoms with van der Waals surface area (Å²) in [6.07, 6.45) is 0. The number of para-hydroxylation sites is 2. The molecule has 2 aromatic carbocycles. The van der Waals surface area contributed by atoms with Crippen molar-refractivity contribution in [1.29, 1.82) is 0 Å². The second-order valence-electron chi connectivity index (χ2n) is 4.19. The van der Waals surface area contributed by atoms with Gasteiger partial charge >= 0.3 is 0 Å². The molecule has 0 saturated heterocycles. The highest BCUT2D eigenvalue weighted by Gasteiger charge is 2.11. The number of benzene rings is 2. The number of amides is 1. The van der Waals surface area contributed by atoms with Crippen LogP contribution >= 0.6 is 0 Å². The monoisotopic (exact) mass is 271 g/mol. The van der Waals surface area contributed by atoms with E-state index in [1.807, 2.05) is 0 Å². The van der Waals surface area contributed by atoms with E-state index in [4.69, 9.17) is 5.73 Å². The Labute approximate surface area is 115 Å². The SMILES string of the molecule is NC(=O)c1ccc(CNc2ccccc2[N+](=O)[O-])cc1. The number of primary amides is 1. The van der Waals surface area contributed by atoms with Crippen LogP contribution in [0.25, 0.3) is 0 Å². The van der Waals surface area contributed by atoms with E-state index in [1.165, 1.54) is 6.07 Å². The Bertz CT molecular complexity index is 638. The number of nitrogens with zero attached hydrogens (tertiary/aromatic N) is 1. The van der Waals surface area contributed by atoms with Gasteiger partial charge in [-0.05, 0) is 23.8 Å². The third-order valence-corrected chi connectivity index (χ3v) is 2.82. The molecule has 0 saturated carbocycles. The van der Waals surface area contributed by atoms with Gasteiger partial charge in [0.15, 0.2) is 0 Å². The Morgan fingerprint density at radius 3 is 2.40 bits per heavy atom. The Morgan fingerprint density at radius 2 is 1.80 bits per heavy atom. The lowest BCUT2D eigenvalue weighted by molar-refractivity contribution is -0.384. The smallest absolute Gasteiger partial charge is 0.292 e. The van der Waals surface area contributed by atoms with Crippen LogP contribution < -0.4 is 11.1 Å². The van der Waals surface area contributed by atoms with Crippen LogP contribution in [0.5, 0.6) is 0 Å². The van der Waals surface area contributed by atoms with Crippen molar-refractivity contribution in [2.24, 2.45) is 5.73 Å². The van der Waals surface area contributed by atoms with Crippen LogP contribution in [0.15, 0.2) is 48.5 Å². The molecule has 0 fully saturated rings. The van der Waals surface area contributed by atoms with Gasteiger partial charge in [0.1, 0.15) is 5.69 Å². The number of anilines is 1. The number of hydrogen-bond acceptors (Lipinski definition) is 4. The van der Waals surface area contributed by atoms with Crippen molar-refractivity contribution in [3.8, 4) is 0 Å². The molecule has 102 valence electrons. The molecule has 6 nitrogen and oxygen atoms in total. The lowest BCUT2D eigenvalue weighted by atomic mass is 10.1. The van der Waals surface area contributed by atoms with Gasteiger partial charge in [0.25, 0.3) is 5.69 Å². The Morgan fingerprint density at radius 1 is 1.15 bits per heavy atom. The molecule has 0 radical (unpaired) electrons. The fraction of sp³-hybridized carbons (Fsp3) is 0.0714. The highest BCUT2D eigenvalue weighted by atomic mass is 16.6. The van der Waals surface area contributed by atoms with Gasteiger partial charge in [0.05, 0.1) is 4.92 Å². The third kappa shape index (κ3) is 3.11. The molecule has 0 aromatic heterocycles. The number of carbonyl (C=O) groups is 1. The first-order chi connectivity index (χ1) is 9.58. The van der Waals surface area contributed by atoms with Gasteiger partial charge in [-0.3, -0.25) is 14.9 Å². The Balaban J connectivity index is 2.09. The summed E-state index contributed by atoms with van der Waals surface area (Å²) in [4.78, 5) is 21.4. The number of nitrogens with two attached hydrogens (primary N) is 1. The van der Waals surface area contributed by atoms with Crippen molar-refractivity contribution in [2.45, 2.75) is 6.54 Å². The molecule has 3 N–H and O–H groups in total. The third-order valence-electron chi connectivity index (χ3n) is 2.82. The van der Waals surface area contributed by atoms with Crippen molar-refractivity contribution in [3.05, 3.63) is 69.8 Å². The van der Waals surface area contributed by atoms with E-state index in [0.717, 1.165) is 5.56 Å². The van der Waals surface area contributed by atoms with Crippen LogP contribution in [0.4, 0.5) is 11.4 Å². The standard InChI is InChI=1S/C14H13N3O3/c15-14(18)11-7-5-10(6-8-11)9-16-12-3-1-2-4-13(12)17(19)20/h1-8,16H,9H2,(H2,15,18). The molecule has 2 rings (SSSR count). The molecule has 0 aliphatic carbocycles. The van der Waals surface area contributed by atoms with Crippen LogP contribution in [0.1, 0.15) is 15.9 Å². The summed E-state index contributed by atoms with van der Waals surface area (Å²) in [5, 5.41) is 13.9. The predicted octanol–water partition coefficient (Wildman–Crippen LogP) is 2.31. The quantitative estimate of drug-likeness (QED) is 0.644. The number of nitrogens with one attached hydrogen (secondary N) is 1. The van der Waals surface area contributed by atoms with E-state index in [9.17, 15) is 14.9 Å². The average Bonchev–Trinajstić information content (AvgIpc) is 2.45. The van der Waals surface area contributed by atoms with Gasteiger partial charge in [0, 0.05) is 18.2 Å². The van der Waals surface area contributed by atoms with Crippen LogP contribution in [-0.4, -0.2) is 10.8 Å². The van der Waals surface area contributed by atoms with E-state index in [1.54, 1.807) is 42.5 Å². The lowest BCUT2D eigenvalue weighted by Crippen LogP contribution is -2.10. The predicted molar refractivity (Wildman–Crippen MR) is 75.4 cm³/mol. The van der Waals surface area contributed by atoms with E-state index in [0.29, 0.717) is 17.8 Å². The highest BCUT2D eigenvalue weighted by molar-refractivity contribution is 5.92. The molecule has 0 bridgehead atoms. The average molecular weight is 271 g/mol. The molecule has 1 amide bonds. The highest BCUT2D eigenvalue weighted by Crippen LogP contribution is 2.23. The van der Waals surface area contributed by atoms with E-state index >= 15 is 0 Å². The minimum atomic E-state index is -0.483. The molecule has 0 spiro atoms. The molecule has 0 aliphatic heterocycles. The van der Waals surface area contributed by atoms with Crippen molar-refractivity contribution >= 4 is 17.3 Å². The van der Waals surface area contributed by atoms with Gasteiger partial charge in [-0.1, -0.05) is 24.3 Å². The fourth-order valence-electron chi connectivity index (χ4n) is 1.77. The largest absolute Gasteiger partial charge is 0.375 e. The molecule has 0 heterocycles. The fourth-order valence-corrected chi connectivity index (χ4v) is 1.77. The Hall–Kier alpha value is -2.89. The molecule has 0 unspecified atom stereocenters. The summed E-state index contributed by atoms with van der Waals surface area (Å²) in [7, 11) is 0. The summed E-state index contributed by atoms with van der Waals surface area (Å²) >= 11 is 0. The minimum absolute atomic E-state index is 0.0289. The molecule has 6 heteroatoms. The zero-order chi connectivity index (χ0) is 14.5. The second-order valence-corrected chi connectivity index (χ2v) is 4.19. The van der Waals surface area contributed by atoms with Gasteiger partial charge in [-0.15, -0.1) is 0 Å². The maximum atomic E-state index is 10.9. The molecule has 2 aromatic rings. The van der Waals surface area contributed by atoms with E-state index in [2.05, 4.69) is 5.32 Å². The summed E-state index contributed by atoms with van der Waals surface area (Å²) in [6.45, 7) is 0.421. The number of nitro benzene ring substituents is 1. The number of carbonyl (C=O) groups excluding carboxylic acids is 1. The van der Waals surface area contributed by atoms with Crippen molar-refractivity contribution in [3.63, 3.8) is 0 Å². The van der Waals surface area contributed by atoms with Crippen LogP contribution in [0.2, 0.25) is 0 Å². The molecular weight excluding hydrogens is 258 g/mol. The zero-order valence-corrected chi connectivity index (χ0v) is 10.6. The Kier molecular flexibility index (Phi) is 3.95. The van der Waals surface area contributed by atoms with Crippen molar-refractivity contribution in [1.82, 2.24) is 0 Å². The van der Waals surface area contributed by atoms with Gasteiger partial charge in [0.2, 0.25) is 5.91 Å². The molecule has 20 heavy (non-hydrogen) atoms. The maximum absolute atomic E-state index is 10.9. The van der Waals surface area contributed by atoms with Crippen LogP contribution in [-0.2, 0) is 6.54 Å². The normalized spacial score (nSPS) is 10.0. The van der Waals surface area contributed by atoms with Gasteiger partial charge in [-0.25, -0.2) is 0 Å². The topological polar surface area (TPSA) is 98.3 Å².